The van der Waals surface area contributed by atoms with E-state index in [0.717, 1.165) is 31.4 Å². The molecule has 0 spiro atoms. The Bertz CT molecular complexity index is 455. The van der Waals surface area contributed by atoms with Gasteiger partial charge in [-0.2, -0.15) is 13.2 Å². The first-order chi connectivity index (χ1) is 7.84. The molecule has 0 N–H and O–H groups in total. The van der Waals surface area contributed by atoms with E-state index >= 15 is 0 Å². The molecule has 0 aromatic heterocycles. The van der Waals surface area contributed by atoms with Crippen molar-refractivity contribution >= 4 is 6.08 Å². The second kappa shape index (κ2) is 4.86. The van der Waals surface area contributed by atoms with E-state index in [4.69, 9.17) is 0 Å². The summed E-state index contributed by atoms with van der Waals surface area (Å²) in [6.07, 6.45) is -2.79. The van der Waals surface area contributed by atoms with Gasteiger partial charge in [0.15, 0.2) is 0 Å². The molecule has 0 radical (unpaired) electrons. The first-order valence-corrected chi connectivity index (χ1v) is 4.41. The molecule has 1 aromatic carbocycles. The van der Waals surface area contributed by atoms with E-state index in [9.17, 15) is 23.3 Å². The number of hydrogen-bond donors (Lipinski definition) is 0. The van der Waals surface area contributed by atoms with Crippen molar-refractivity contribution in [1.82, 2.24) is 0 Å². The summed E-state index contributed by atoms with van der Waals surface area (Å²) in [6, 6.07) is 3.03. The lowest BCUT2D eigenvalue weighted by Crippen LogP contribution is -2.07. The van der Waals surface area contributed by atoms with Gasteiger partial charge in [0.2, 0.25) is 6.20 Å². The molecule has 7 heteroatoms. The fourth-order valence-electron chi connectivity index (χ4n) is 1.19. The smallest absolute Gasteiger partial charge is 0.419 e. The highest BCUT2D eigenvalue weighted by Gasteiger charge is 2.34. The molecule has 0 unspecified atom stereocenters. The molecule has 1 rings (SSSR count). The highest BCUT2D eigenvalue weighted by molar-refractivity contribution is 5.53. The first kappa shape index (κ1) is 13.0. The van der Waals surface area contributed by atoms with Crippen molar-refractivity contribution in [2.45, 2.75) is 6.18 Å². The quantitative estimate of drug-likeness (QED) is 0.609. The molecule has 0 aliphatic rings. The van der Waals surface area contributed by atoms with E-state index < -0.39 is 16.7 Å². The Morgan fingerprint density at radius 3 is 2.53 bits per heavy atom. The second-order valence-electron chi connectivity index (χ2n) is 3.06. The summed E-state index contributed by atoms with van der Waals surface area (Å²) < 4.78 is 42.0. The molecular weight excluding hydrogens is 239 g/mol. The van der Waals surface area contributed by atoms with Gasteiger partial charge in [0, 0.05) is 6.08 Å². The standard InChI is InChI=1S/C10H8F3NO3/c1-17-9-6-7(4-5-14(15)16)2-3-8(9)10(11,12)13/h2-6H,1H3/b5-4+. The fourth-order valence-corrected chi connectivity index (χ4v) is 1.19. The number of ether oxygens (including phenoxy) is 1. The second-order valence-corrected chi connectivity index (χ2v) is 3.06. The maximum atomic E-state index is 12.5. The highest BCUT2D eigenvalue weighted by Crippen LogP contribution is 2.36. The van der Waals surface area contributed by atoms with Gasteiger partial charge < -0.3 is 4.74 Å². The molecule has 0 atom stereocenters. The van der Waals surface area contributed by atoms with Crippen LogP contribution in [0.5, 0.6) is 5.75 Å². The summed E-state index contributed by atoms with van der Waals surface area (Å²) in [4.78, 5) is 9.36. The van der Waals surface area contributed by atoms with Crippen LogP contribution in [0.4, 0.5) is 13.2 Å². The third-order valence-electron chi connectivity index (χ3n) is 1.92. The predicted octanol–water partition coefficient (Wildman–Crippen LogP) is 2.96. The number of benzene rings is 1. The first-order valence-electron chi connectivity index (χ1n) is 4.41. The normalized spacial score (nSPS) is 11.8. The number of rotatable bonds is 3. The Labute approximate surface area is 94.5 Å². The van der Waals surface area contributed by atoms with E-state index in [1.165, 1.54) is 0 Å². The SMILES string of the molecule is COc1cc(/C=C/[N+](=O)[O-])ccc1C(F)(F)F. The van der Waals surface area contributed by atoms with Crippen molar-refractivity contribution in [2.75, 3.05) is 7.11 Å². The molecule has 0 aliphatic heterocycles. The van der Waals surface area contributed by atoms with Crippen molar-refractivity contribution in [3.05, 3.63) is 45.6 Å². The number of methoxy groups -OCH3 is 1. The van der Waals surface area contributed by atoms with Crippen LogP contribution in [-0.2, 0) is 6.18 Å². The number of alkyl halides is 3. The van der Waals surface area contributed by atoms with Crippen LogP contribution in [0.1, 0.15) is 11.1 Å². The zero-order valence-electron chi connectivity index (χ0n) is 8.69. The van der Waals surface area contributed by atoms with Gasteiger partial charge in [-0.25, -0.2) is 0 Å². The monoisotopic (exact) mass is 247 g/mol. The summed E-state index contributed by atoms with van der Waals surface area (Å²) in [7, 11) is 1.10. The van der Waals surface area contributed by atoms with Crippen molar-refractivity contribution in [3.8, 4) is 5.75 Å². The lowest BCUT2D eigenvalue weighted by Gasteiger charge is -2.11. The Balaban J connectivity index is 3.13. The van der Waals surface area contributed by atoms with Crippen molar-refractivity contribution in [3.63, 3.8) is 0 Å². The summed E-state index contributed by atoms with van der Waals surface area (Å²) in [5.74, 6) is -0.372. The van der Waals surface area contributed by atoms with Crippen LogP contribution in [0.3, 0.4) is 0 Å². The summed E-state index contributed by atoms with van der Waals surface area (Å²) in [6.45, 7) is 0. The lowest BCUT2D eigenvalue weighted by molar-refractivity contribution is -0.400. The van der Waals surface area contributed by atoms with Gasteiger partial charge in [-0.05, 0) is 17.7 Å². The molecule has 0 aliphatic carbocycles. The highest BCUT2D eigenvalue weighted by atomic mass is 19.4. The zero-order chi connectivity index (χ0) is 13.1. The van der Waals surface area contributed by atoms with Gasteiger partial charge in [0.25, 0.3) is 0 Å². The minimum atomic E-state index is -4.52. The predicted molar refractivity (Wildman–Crippen MR) is 54.0 cm³/mol. The largest absolute Gasteiger partial charge is 0.496 e. The minimum Gasteiger partial charge on any atom is -0.496 e. The Morgan fingerprint density at radius 2 is 2.06 bits per heavy atom. The molecule has 0 heterocycles. The number of hydrogen-bond acceptors (Lipinski definition) is 3. The van der Waals surface area contributed by atoms with Gasteiger partial charge in [-0.1, -0.05) is 6.07 Å². The maximum Gasteiger partial charge on any atom is 0.419 e. The van der Waals surface area contributed by atoms with E-state index in [-0.39, 0.29) is 11.3 Å². The minimum absolute atomic E-state index is 0.256. The summed E-state index contributed by atoms with van der Waals surface area (Å²) in [5, 5.41) is 10.1. The van der Waals surface area contributed by atoms with Gasteiger partial charge in [-0.3, -0.25) is 10.1 Å². The van der Waals surface area contributed by atoms with Gasteiger partial charge in [0.05, 0.1) is 17.6 Å². The van der Waals surface area contributed by atoms with Crippen LogP contribution < -0.4 is 4.74 Å². The molecule has 4 nitrogen and oxygen atoms in total. The van der Waals surface area contributed by atoms with Gasteiger partial charge in [0.1, 0.15) is 5.75 Å². The maximum absolute atomic E-state index is 12.5. The van der Waals surface area contributed by atoms with E-state index in [2.05, 4.69) is 4.74 Å². The van der Waals surface area contributed by atoms with Crippen molar-refractivity contribution < 1.29 is 22.8 Å². The van der Waals surface area contributed by atoms with E-state index in [0.29, 0.717) is 6.20 Å². The summed E-state index contributed by atoms with van der Waals surface area (Å²) in [5.41, 5.74) is -0.662. The zero-order valence-corrected chi connectivity index (χ0v) is 8.69. The van der Waals surface area contributed by atoms with Crippen LogP contribution >= 0.6 is 0 Å². The Kier molecular flexibility index (Phi) is 3.72. The fraction of sp³-hybridized carbons (Fsp3) is 0.200. The van der Waals surface area contributed by atoms with Crippen LogP contribution in [0, 0.1) is 10.1 Å². The molecule has 17 heavy (non-hydrogen) atoms. The van der Waals surface area contributed by atoms with E-state index in [1.807, 2.05) is 0 Å². The number of halogens is 3. The third kappa shape index (κ3) is 3.47. The molecule has 0 bridgehead atoms. The van der Waals surface area contributed by atoms with Crippen molar-refractivity contribution in [2.24, 2.45) is 0 Å². The lowest BCUT2D eigenvalue weighted by atomic mass is 10.1. The molecule has 92 valence electrons. The van der Waals surface area contributed by atoms with Crippen molar-refractivity contribution in [1.29, 1.82) is 0 Å². The average molecular weight is 247 g/mol. The molecule has 0 saturated carbocycles. The van der Waals surface area contributed by atoms with Gasteiger partial charge >= 0.3 is 6.18 Å². The molecular formula is C10H8F3NO3. The van der Waals surface area contributed by atoms with Gasteiger partial charge in [-0.15, -0.1) is 0 Å². The van der Waals surface area contributed by atoms with E-state index in [1.54, 1.807) is 0 Å². The van der Waals surface area contributed by atoms with Crippen LogP contribution in [-0.4, -0.2) is 12.0 Å². The summed E-state index contributed by atoms with van der Waals surface area (Å²) >= 11 is 0. The topological polar surface area (TPSA) is 52.4 Å². The van der Waals surface area contributed by atoms with Crippen LogP contribution in [0.15, 0.2) is 24.4 Å². The molecule has 0 fully saturated rings. The molecule has 1 aromatic rings. The molecule has 0 saturated heterocycles. The average Bonchev–Trinajstić information content (AvgIpc) is 2.24. The molecule has 0 amide bonds. The number of nitrogens with zero attached hydrogens (tertiary/aromatic N) is 1. The Hall–Kier alpha value is -2.05. The number of nitro groups is 1. The Morgan fingerprint density at radius 1 is 1.41 bits per heavy atom. The van der Waals surface area contributed by atoms with Crippen LogP contribution in [0.2, 0.25) is 0 Å². The third-order valence-corrected chi connectivity index (χ3v) is 1.92. The van der Waals surface area contributed by atoms with Crippen LogP contribution in [0.25, 0.3) is 6.08 Å².